The van der Waals surface area contributed by atoms with Crippen molar-refractivity contribution in [2.75, 3.05) is 19.5 Å². The SMILES string of the molecule is CC[C@@H](Oc1ccc(C)c(C)c1)C(=O)Nc1nc(-c2cc(OC)ccc2OC)cs1. The van der Waals surface area contributed by atoms with Crippen LogP contribution >= 0.6 is 11.3 Å². The molecule has 0 saturated carbocycles. The van der Waals surface area contributed by atoms with Crippen LogP contribution in [-0.2, 0) is 4.79 Å². The first-order valence-electron chi connectivity index (χ1n) is 9.67. The standard InChI is InChI=1S/C23H26N2O4S/c1-6-20(29-17-8-7-14(2)15(3)11-17)22(26)25-23-24-19(13-30-23)18-12-16(27-4)9-10-21(18)28-5/h7-13,20H,6H2,1-5H3,(H,24,25,26)/t20-/m1/s1. The Hall–Kier alpha value is -3.06. The van der Waals surface area contributed by atoms with Crippen LogP contribution < -0.4 is 19.5 Å². The first-order chi connectivity index (χ1) is 14.4. The molecule has 0 unspecified atom stereocenters. The summed E-state index contributed by atoms with van der Waals surface area (Å²) in [6, 6.07) is 11.3. The number of nitrogens with one attached hydrogen (secondary N) is 1. The van der Waals surface area contributed by atoms with Crippen molar-refractivity contribution in [3.05, 3.63) is 52.9 Å². The third-order valence-electron chi connectivity index (χ3n) is 4.84. The third-order valence-corrected chi connectivity index (χ3v) is 5.59. The predicted molar refractivity (Wildman–Crippen MR) is 120 cm³/mol. The Labute approximate surface area is 180 Å². The largest absolute Gasteiger partial charge is 0.497 e. The van der Waals surface area contributed by atoms with Crippen molar-refractivity contribution >= 4 is 22.4 Å². The Morgan fingerprint density at radius 2 is 1.83 bits per heavy atom. The van der Waals surface area contributed by atoms with Crippen molar-refractivity contribution in [3.63, 3.8) is 0 Å². The summed E-state index contributed by atoms with van der Waals surface area (Å²) in [6.07, 6.45) is -0.0634. The molecule has 158 valence electrons. The summed E-state index contributed by atoms with van der Waals surface area (Å²) in [5.41, 5.74) is 3.81. The van der Waals surface area contributed by atoms with Gasteiger partial charge in [-0.3, -0.25) is 10.1 Å². The number of thiazole rings is 1. The maximum absolute atomic E-state index is 12.8. The van der Waals surface area contributed by atoms with E-state index in [1.165, 1.54) is 16.9 Å². The third kappa shape index (κ3) is 4.91. The number of hydrogen-bond acceptors (Lipinski definition) is 6. The van der Waals surface area contributed by atoms with E-state index in [0.717, 1.165) is 11.1 Å². The van der Waals surface area contributed by atoms with Crippen LogP contribution in [0.2, 0.25) is 0 Å². The van der Waals surface area contributed by atoms with E-state index >= 15 is 0 Å². The molecule has 1 N–H and O–H groups in total. The molecular formula is C23H26N2O4S. The molecule has 1 atom stereocenters. The second-order valence-electron chi connectivity index (χ2n) is 6.85. The van der Waals surface area contributed by atoms with Gasteiger partial charge in [0.05, 0.1) is 19.9 Å². The van der Waals surface area contributed by atoms with Gasteiger partial charge in [0.1, 0.15) is 17.2 Å². The number of aromatic nitrogens is 1. The molecule has 3 aromatic rings. The minimum atomic E-state index is -0.606. The predicted octanol–water partition coefficient (Wildman–Crippen LogP) is 5.24. The summed E-state index contributed by atoms with van der Waals surface area (Å²) >= 11 is 1.35. The highest BCUT2D eigenvalue weighted by molar-refractivity contribution is 7.14. The molecular weight excluding hydrogens is 400 g/mol. The molecule has 6 nitrogen and oxygen atoms in total. The first kappa shape index (κ1) is 21.6. The van der Waals surface area contributed by atoms with Crippen LogP contribution in [0, 0.1) is 13.8 Å². The normalized spacial score (nSPS) is 11.6. The summed E-state index contributed by atoms with van der Waals surface area (Å²) in [5, 5.41) is 5.24. The fourth-order valence-electron chi connectivity index (χ4n) is 2.93. The van der Waals surface area contributed by atoms with Gasteiger partial charge in [-0.05, 0) is 61.7 Å². The Bertz CT molecular complexity index is 1030. The minimum Gasteiger partial charge on any atom is -0.497 e. The average Bonchev–Trinajstić information content (AvgIpc) is 3.22. The fourth-order valence-corrected chi connectivity index (χ4v) is 3.64. The van der Waals surface area contributed by atoms with Crippen molar-refractivity contribution in [1.29, 1.82) is 0 Å². The number of carbonyl (C=O) groups excluding carboxylic acids is 1. The van der Waals surface area contributed by atoms with Gasteiger partial charge in [0.2, 0.25) is 0 Å². The summed E-state index contributed by atoms with van der Waals surface area (Å²) in [5.74, 6) is 1.84. The quantitative estimate of drug-likeness (QED) is 0.533. The smallest absolute Gasteiger partial charge is 0.267 e. The van der Waals surface area contributed by atoms with Gasteiger partial charge in [-0.1, -0.05) is 13.0 Å². The number of rotatable bonds is 8. The fraction of sp³-hybridized carbons (Fsp3) is 0.304. The van der Waals surface area contributed by atoms with E-state index in [4.69, 9.17) is 14.2 Å². The lowest BCUT2D eigenvalue weighted by Crippen LogP contribution is -2.32. The highest BCUT2D eigenvalue weighted by atomic mass is 32.1. The average molecular weight is 427 g/mol. The van der Waals surface area contributed by atoms with Crippen LogP contribution in [0.3, 0.4) is 0 Å². The lowest BCUT2D eigenvalue weighted by Gasteiger charge is -2.17. The number of amides is 1. The van der Waals surface area contributed by atoms with Crippen molar-refractivity contribution in [1.82, 2.24) is 4.98 Å². The van der Waals surface area contributed by atoms with E-state index in [9.17, 15) is 4.79 Å². The Morgan fingerprint density at radius 1 is 1.07 bits per heavy atom. The van der Waals surface area contributed by atoms with E-state index in [1.54, 1.807) is 14.2 Å². The number of anilines is 1. The van der Waals surface area contributed by atoms with Crippen LogP contribution in [0.25, 0.3) is 11.3 Å². The van der Waals surface area contributed by atoms with Gasteiger partial charge in [0.25, 0.3) is 5.91 Å². The van der Waals surface area contributed by atoms with E-state index in [-0.39, 0.29) is 5.91 Å². The van der Waals surface area contributed by atoms with E-state index in [2.05, 4.69) is 10.3 Å². The van der Waals surface area contributed by atoms with Crippen LogP contribution in [0.4, 0.5) is 5.13 Å². The number of nitrogens with zero attached hydrogens (tertiary/aromatic N) is 1. The monoisotopic (exact) mass is 426 g/mol. The summed E-state index contributed by atoms with van der Waals surface area (Å²) in [6.45, 7) is 5.98. The van der Waals surface area contributed by atoms with E-state index in [0.29, 0.717) is 34.5 Å². The lowest BCUT2D eigenvalue weighted by atomic mass is 10.1. The molecule has 7 heteroatoms. The summed E-state index contributed by atoms with van der Waals surface area (Å²) in [7, 11) is 3.22. The molecule has 0 spiro atoms. The molecule has 1 heterocycles. The Morgan fingerprint density at radius 3 is 2.50 bits per heavy atom. The van der Waals surface area contributed by atoms with Crippen molar-refractivity contribution in [2.45, 2.75) is 33.3 Å². The van der Waals surface area contributed by atoms with Gasteiger partial charge < -0.3 is 14.2 Å². The molecule has 3 rings (SSSR count). The van der Waals surface area contributed by atoms with E-state index in [1.807, 2.05) is 62.5 Å². The Kier molecular flexibility index (Phi) is 6.95. The molecule has 0 fully saturated rings. The number of carbonyl (C=O) groups is 1. The number of benzene rings is 2. The van der Waals surface area contributed by atoms with Crippen LogP contribution in [0.1, 0.15) is 24.5 Å². The topological polar surface area (TPSA) is 69.7 Å². The zero-order valence-electron chi connectivity index (χ0n) is 17.8. The molecule has 0 saturated heterocycles. The highest BCUT2D eigenvalue weighted by Gasteiger charge is 2.21. The molecule has 0 aliphatic heterocycles. The Balaban J connectivity index is 1.74. The van der Waals surface area contributed by atoms with Gasteiger partial charge in [0, 0.05) is 10.9 Å². The summed E-state index contributed by atoms with van der Waals surface area (Å²) < 4.78 is 16.7. The molecule has 0 bridgehead atoms. The van der Waals surface area contributed by atoms with Crippen molar-refractivity contribution < 1.29 is 19.0 Å². The zero-order valence-corrected chi connectivity index (χ0v) is 18.6. The summed E-state index contributed by atoms with van der Waals surface area (Å²) in [4.78, 5) is 17.3. The molecule has 0 radical (unpaired) electrons. The zero-order chi connectivity index (χ0) is 21.7. The van der Waals surface area contributed by atoms with Gasteiger partial charge in [-0.2, -0.15) is 0 Å². The second kappa shape index (κ2) is 9.63. The lowest BCUT2D eigenvalue weighted by molar-refractivity contribution is -0.122. The van der Waals surface area contributed by atoms with Gasteiger partial charge in [-0.25, -0.2) is 4.98 Å². The van der Waals surface area contributed by atoms with Crippen molar-refractivity contribution in [2.24, 2.45) is 0 Å². The van der Waals surface area contributed by atoms with Crippen LogP contribution in [-0.4, -0.2) is 31.2 Å². The minimum absolute atomic E-state index is 0.228. The second-order valence-corrected chi connectivity index (χ2v) is 7.71. The van der Waals surface area contributed by atoms with Gasteiger partial charge in [0.15, 0.2) is 11.2 Å². The van der Waals surface area contributed by atoms with Gasteiger partial charge >= 0.3 is 0 Å². The molecule has 0 aliphatic carbocycles. The van der Waals surface area contributed by atoms with Gasteiger partial charge in [-0.15, -0.1) is 11.3 Å². The molecule has 1 amide bonds. The number of methoxy groups -OCH3 is 2. The number of aryl methyl sites for hydroxylation is 2. The maximum Gasteiger partial charge on any atom is 0.267 e. The van der Waals surface area contributed by atoms with Crippen molar-refractivity contribution in [3.8, 4) is 28.5 Å². The van der Waals surface area contributed by atoms with Crippen LogP contribution in [0.15, 0.2) is 41.8 Å². The molecule has 1 aromatic heterocycles. The molecule has 0 aliphatic rings. The first-order valence-corrected chi connectivity index (χ1v) is 10.6. The molecule has 30 heavy (non-hydrogen) atoms. The maximum atomic E-state index is 12.8. The number of ether oxygens (including phenoxy) is 3. The van der Waals surface area contributed by atoms with E-state index < -0.39 is 6.10 Å². The highest BCUT2D eigenvalue weighted by Crippen LogP contribution is 2.35. The number of hydrogen-bond donors (Lipinski definition) is 1. The van der Waals surface area contributed by atoms with Crippen LogP contribution in [0.5, 0.6) is 17.2 Å². The molecule has 2 aromatic carbocycles.